The van der Waals surface area contributed by atoms with Gasteiger partial charge in [0.25, 0.3) is 0 Å². The third-order valence-corrected chi connectivity index (χ3v) is 2.84. The van der Waals surface area contributed by atoms with Gasteiger partial charge in [-0.15, -0.1) is 0 Å². The number of aliphatic hydroxyl groups is 1. The fourth-order valence-electron chi connectivity index (χ4n) is 1.37. The lowest BCUT2D eigenvalue weighted by Crippen LogP contribution is -1.94. The molecule has 0 radical (unpaired) electrons. The first kappa shape index (κ1) is 13.0. The molecule has 5 heteroatoms. The van der Waals surface area contributed by atoms with Crippen LogP contribution >= 0.6 is 15.9 Å². The zero-order chi connectivity index (χ0) is 13.1. The Kier molecular flexibility index (Phi) is 3.93. The number of hydrogen-bond donors (Lipinski definition) is 1. The van der Waals surface area contributed by atoms with Gasteiger partial charge in [-0.05, 0) is 36.8 Å². The standard InChI is InChI=1S/C13H11BrFNO2/c1-8(17)9-2-5-13(16-7-9)18-12-4-3-10(14)6-11(12)15/h2-8,17H,1H3. The van der Waals surface area contributed by atoms with Gasteiger partial charge >= 0.3 is 0 Å². The van der Waals surface area contributed by atoms with Crippen molar-refractivity contribution in [1.82, 2.24) is 4.98 Å². The van der Waals surface area contributed by atoms with Crippen molar-refractivity contribution in [2.75, 3.05) is 0 Å². The molecule has 18 heavy (non-hydrogen) atoms. The van der Waals surface area contributed by atoms with Gasteiger partial charge in [-0.3, -0.25) is 0 Å². The maximum atomic E-state index is 13.5. The summed E-state index contributed by atoms with van der Waals surface area (Å²) in [5.74, 6) is -0.0816. The lowest BCUT2D eigenvalue weighted by Gasteiger charge is -2.08. The van der Waals surface area contributed by atoms with Crippen LogP contribution in [0, 0.1) is 5.82 Å². The predicted molar refractivity (Wildman–Crippen MR) is 69.0 cm³/mol. The minimum atomic E-state index is -0.587. The molecule has 0 aliphatic carbocycles. The zero-order valence-corrected chi connectivity index (χ0v) is 11.2. The second kappa shape index (κ2) is 5.46. The third kappa shape index (κ3) is 3.05. The summed E-state index contributed by atoms with van der Waals surface area (Å²) in [7, 11) is 0. The molecule has 0 bridgehead atoms. The molecule has 1 aromatic heterocycles. The Morgan fingerprint density at radius 3 is 2.67 bits per heavy atom. The van der Waals surface area contributed by atoms with E-state index in [0.717, 1.165) is 0 Å². The summed E-state index contributed by atoms with van der Waals surface area (Å²) in [4.78, 5) is 4.00. The maximum Gasteiger partial charge on any atom is 0.219 e. The van der Waals surface area contributed by atoms with Crippen LogP contribution in [0.2, 0.25) is 0 Å². The molecule has 0 saturated heterocycles. The molecular weight excluding hydrogens is 301 g/mol. The Balaban J connectivity index is 2.18. The summed E-state index contributed by atoms with van der Waals surface area (Å²) in [6.07, 6.45) is 0.910. The van der Waals surface area contributed by atoms with Crippen molar-refractivity contribution in [3.8, 4) is 11.6 Å². The van der Waals surface area contributed by atoms with Gasteiger partial charge in [0.05, 0.1) is 6.10 Å². The number of benzene rings is 1. The minimum Gasteiger partial charge on any atom is -0.436 e. The Labute approximate surface area is 112 Å². The molecule has 0 fully saturated rings. The van der Waals surface area contributed by atoms with Crippen molar-refractivity contribution in [1.29, 1.82) is 0 Å². The summed E-state index contributed by atoms with van der Waals surface area (Å²) in [5.41, 5.74) is 0.679. The van der Waals surface area contributed by atoms with E-state index in [9.17, 15) is 9.50 Å². The van der Waals surface area contributed by atoms with Crippen LogP contribution in [-0.2, 0) is 0 Å². The van der Waals surface area contributed by atoms with E-state index in [-0.39, 0.29) is 11.6 Å². The van der Waals surface area contributed by atoms with Crippen molar-refractivity contribution in [2.45, 2.75) is 13.0 Å². The van der Waals surface area contributed by atoms with E-state index in [1.807, 2.05) is 0 Å². The first-order valence-corrected chi connectivity index (χ1v) is 6.12. The third-order valence-electron chi connectivity index (χ3n) is 2.35. The molecule has 3 nitrogen and oxygen atoms in total. The number of hydrogen-bond acceptors (Lipinski definition) is 3. The summed E-state index contributed by atoms with van der Waals surface area (Å²) in [5, 5.41) is 9.33. The number of halogens is 2. The number of aromatic nitrogens is 1. The predicted octanol–water partition coefficient (Wildman–Crippen LogP) is 3.83. The summed E-state index contributed by atoms with van der Waals surface area (Å²) >= 11 is 3.17. The summed E-state index contributed by atoms with van der Waals surface area (Å²) in [6, 6.07) is 7.79. The van der Waals surface area contributed by atoms with Crippen LogP contribution in [0.4, 0.5) is 4.39 Å². The van der Waals surface area contributed by atoms with Gasteiger partial charge < -0.3 is 9.84 Å². The van der Waals surface area contributed by atoms with Crippen molar-refractivity contribution in [3.63, 3.8) is 0 Å². The molecule has 0 saturated carbocycles. The molecule has 1 atom stereocenters. The van der Waals surface area contributed by atoms with E-state index < -0.39 is 11.9 Å². The van der Waals surface area contributed by atoms with E-state index in [1.54, 1.807) is 25.1 Å². The number of aliphatic hydroxyl groups excluding tert-OH is 1. The summed E-state index contributed by atoms with van der Waals surface area (Å²) in [6.45, 7) is 1.64. The molecule has 1 unspecified atom stereocenters. The fraction of sp³-hybridized carbons (Fsp3) is 0.154. The smallest absolute Gasteiger partial charge is 0.219 e. The second-order valence-electron chi connectivity index (χ2n) is 3.78. The van der Waals surface area contributed by atoms with Gasteiger partial charge in [-0.25, -0.2) is 9.37 Å². The van der Waals surface area contributed by atoms with E-state index in [0.29, 0.717) is 10.0 Å². The first-order valence-electron chi connectivity index (χ1n) is 5.33. The number of rotatable bonds is 3. The minimum absolute atomic E-state index is 0.107. The first-order chi connectivity index (χ1) is 8.56. The molecular formula is C13H11BrFNO2. The highest BCUT2D eigenvalue weighted by atomic mass is 79.9. The van der Waals surface area contributed by atoms with E-state index in [2.05, 4.69) is 20.9 Å². The van der Waals surface area contributed by atoms with Crippen LogP contribution in [0.5, 0.6) is 11.6 Å². The molecule has 2 aromatic rings. The van der Waals surface area contributed by atoms with Gasteiger partial charge in [0.15, 0.2) is 11.6 Å². The van der Waals surface area contributed by atoms with E-state index in [4.69, 9.17) is 4.74 Å². The Morgan fingerprint density at radius 2 is 2.11 bits per heavy atom. The van der Waals surface area contributed by atoms with Crippen LogP contribution in [0.1, 0.15) is 18.6 Å². The van der Waals surface area contributed by atoms with Crippen LogP contribution in [0.25, 0.3) is 0 Å². The second-order valence-corrected chi connectivity index (χ2v) is 4.70. The molecule has 0 spiro atoms. The van der Waals surface area contributed by atoms with Crippen molar-refractivity contribution in [3.05, 3.63) is 52.4 Å². The van der Waals surface area contributed by atoms with E-state index in [1.165, 1.54) is 18.3 Å². The highest BCUT2D eigenvalue weighted by Gasteiger charge is 2.07. The largest absolute Gasteiger partial charge is 0.436 e. The van der Waals surface area contributed by atoms with Gasteiger partial charge in [-0.1, -0.05) is 15.9 Å². The van der Waals surface area contributed by atoms with Crippen molar-refractivity contribution >= 4 is 15.9 Å². The molecule has 2 rings (SSSR count). The highest BCUT2D eigenvalue weighted by Crippen LogP contribution is 2.26. The molecule has 0 amide bonds. The van der Waals surface area contributed by atoms with Gasteiger partial charge in [-0.2, -0.15) is 0 Å². The number of nitrogens with zero attached hydrogens (tertiary/aromatic N) is 1. The molecule has 0 aliphatic rings. The molecule has 1 aromatic carbocycles. The average Bonchev–Trinajstić information content (AvgIpc) is 2.33. The van der Waals surface area contributed by atoms with Crippen LogP contribution in [-0.4, -0.2) is 10.1 Å². The average molecular weight is 312 g/mol. The van der Waals surface area contributed by atoms with Crippen LogP contribution in [0.3, 0.4) is 0 Å². The fourth-order valence-corrected chi connectivity index (χ4v) is 1.70. The van der Waals surface area contributed by atoms with Crippen molar-refractivity contribution < 1.29 is 14.2 Å². The quantitative estimate of drug-likeness (QED) is 0.936. The molecule has 0 aliphatic heterocycles. The topological polar surface area (TPSA) is 42.4 Å². The Bertz CT molecular complexity index is 543. The molecule has 1 N–H and O–H groups in total. The lowest BCUT2D eigenvalue weighted by molar-refractivity contribution is 0.198. The zero-order valence-electron chi connectivity index (χ0n) is 9.60. The van der Waals surface area contributed by atoms with E-state index >= 15 is 0 Å². The van der Waals surface area contributed by atoms with Gasteiger partial charge in [0.2, 0.25) is 5.88 Å². The van der Waals surface area contributed by atoms with Crippen molar-refractivity contribution in [2.24, 2.45) is 0 Å². The normalized spacial score (nSPS) is 12.2. The van der Waals surface area contributed by atoms with Gasteiger partial charge in [0, 0.05) is 16.7 Å². The number of pyridine rings is 1. The SMILES string of the molecule is CC(O)c1ccc(Oc2ccc(Br)cc2F)nc1. The maximum absolute atomic E-state index is 13.5. The van der Waals surface area contributed by atoms with Gasteiger partial charge in [0.1, 0.15) is 0 Å². The number of ether oxygens (including phenoxy) is 1. The Morgan fingerprint density at radius 1 is 1.33 bits per heavy atom. The van der Waals surface area contributed by atoms with Crippen LogP contribution < -0.4 is 4.74 Å². The Hall–Kier alpha value is -1.46. The van der Waals surface area contributed by atoms with Crippen LogP contribution in [0.15, 0.2) is 41.0 Å². The summed E-state index contributed by atoms with van der Waals surface area (Å²) < 4.78 is 19.5. The monoisotopic (exact) mass is 311 g/mol. The molecule has 1 heterocycles. The lowest BCUT2D eigenvalue weighted by atomic mass is 10.2. The molecule has 94 valence electrons. The highest BCUT2D eigenvalue weighted by molar-refractivity contribution is 9.10.